The van der Waals surface area contributed by atoms with Gasteiger partial charge in [-0.15, -0.1) is 6.42 Å². The Labute approximate surface area is 158 Å². The van der Waals surface area contributed by atoms with Crippen LogP contribution < -0.4 is 10.5 Å². The maximum Gasteiger partial charge on any atom is 0.150 e. The highest BCUT2D eigenvalue weighted by molar-refractivity contribution is 6.09. The third kappa shape index (κ3) is 2.74. The molecule has 4 rings (SSSR count). The number of aromatic nitrogens is 2. The number of hydrogen-bond donors (Lipinski definition) is 1. The lowest BCUT2D eigenvalue weighted by molar-refractivity contribution is 0.414. The van der Waals surface area contributed by atoms with Crippen molar-refractivity contribution in [1.29, 1.82) is 0 Å². The number of hydrogen-bond acceptors (Lipinski definition) is 4. The fourth-order valence-electron chi connectivity index (χ4n) is 3.44. The average molecular weight is 353 g/mol. The number of methoxy groups -OCH3 is 1. The molecular weight excluding hydrogens is 334 g/mol. The van der Waals surface area contributed by atoms with Crippen molar-refractivity contribution in [2.24, 2.45) is 0 Å². The second kappa shape index (κ2) is 6.30. The Kier molecular flexibility index (Phi) is 3.93. The molecule has 0 spiro atoms. The van der Waals surface area contributed by atoms with Crippen LogP contribution in [-0.2, 0) is 0 Å². The highest BCUT2D eigenvalue weighted by atomic mass is 16.5. The first kappa shape index (κ1) is 16.9. The molecule has 2 aromatic heterocycles. The summed E-state index contributed by atoms with van der Waals surface area (Å²) >= 11 is 0. The molecule has 0 fully saturated rings. The van der Waals surface area contributed by atoms with Gasteiger partial charge in [-0.1, -0.05) is 18.2 Å². The Balaban J connectivity index is 2.09. The van der Waals surface area contributed by atoms with Gasteiger partial charge in [0.25, 0.3) is 0 Å². The third-order valence-corrected chi connectivity index (χ3v) is 4.81. The van der Waals surface area contributed by atoms with Gasteiger partial charge < -0.3 is 10.5 Å². The maximum absolute atomic E-state index is 6.19. The number of terminal acetylenes is 1. The fraction of sp³-hybridized carbons (Fsp3) is 0.130. The summed E-state index contributed by atoms with van der Waals surface area (Å²) in [5.74, 6) is 3.89. The molecule has 0 amide bonds. The lowest BCUT2D eigenvalue weighted by Gasteiger charge is -2.13. The Bertz CT molecular complexity index is 1250. The first-order valence-electron chi connectivity index (χ1n) is 8.64. The molecule has 0 aliphatic carbocycles. The molecule has 0 saturated heterocycles. The zero-order chi connectivity index (χ0) is 19.1. The summed E-state index contributed by atoms with van der Waals surface area (Å²) in [7, 11) is 1.66. The molecule has 0 atom stereocenters. The largest absolute Gasteiger partial charge is 0.497 e. The van der Waals surface area contributed by atoms with Crippen LogP contribution in [0.4, 0.5) is 5.82 Å². The highest BCUT2D eigenvalue weighted by Crippen LogP contribution is 2.34. The topological polar surface area (TPSA) is 61.0 Å². The Morgan fingerprint density at radius 1 is 0.963 bits per heavy atom. The van der Waals surface area contributed by atoms with Crippen molar-refractivity contribution in [3.8, 4) is 29.2 Å². The van der Waals surface area contributed by atoms with Crippen molar-refractivity contribution in [3.63, 3.8) is 0 Å². The third-order valence-electron chi connectivity index (χ3n) is 4.81. The number of rotatable bonds is 2. The van der Waals surface area contributed by atoms with Crippen LogP contribution in [0.25, 0.3) is 32.9 Å². The minimum atomic E-state index is 0.387. The zero-order valence-electron chi connectivity index (χ0n) is 15.5. The van der Waals surface area contributed by atoms with E-state index in [-0.39, 0.29) is 0 Å². The fourth-order valence-corrected chi connectivity index (χ4v) is 3.44. The van der Waals surface area contributed by atoms with Gasteiger partial charge in [0.2, 0.25) is 0 Å². The van der Waals surface area contributed by atoms with Gasteiger partial charge in [-0.2, -0.15) is 0 Å². The van der Waals surface area contributed by atoms with E-state index < -0.39 is 0 Å². The Hall–Kier alpha value is -3.58. The van der Waals surface area contributed by atoms with E-state index in [4.69, 9.17) is 16.9 Å². The second-order valence-corrected chi connectivity index (χ2v) is 6.62. The van der Waals surface area contributed by atoms with Gasteiger partial charge in [-0.3, -0.25) is 0 Å². The molecule has 0 aliphatic rings. The number of nitrogens with two attached hydrogens (primary N) is 1. The van der Waals surface area contributed by atoms with Gasteiger partial charge in [0.15, 0.2) is 5.82 Å². The molecule has 4 nitrogen and oxygen atoms in total. The van der Waals surface area contributed by atoms with Gasteiger partial charge in [0.1, 0.15) is 17.0 Å². The minimum absolute atomic E-state index is 0.387. The lowest BCUT2D eigenvalue weighted by atomic mass is 9.96. The Morgan fingerprint density at radius 2 is 1.78 bits per heavy atom. The minimum Gasteiger partial charge on any atom is -0.497 e. The van der Waals surface area contributed by atoms with Crippen LogP contribution in [0.3, 0.4) is 0 Å². The number of pyridine rings is 2. The molecule has 4 heteroatoms. The molecule has 132 valence electrons. The summed E-state index contributed by atoms with van der Waals surface area (Å²) in [6.45, 7) is 4.07. The predicted octanol–water partition coefficient (Wildman–Crippen LogP) is 4.64. The molecular formula is C23H19N3O. The number of anilines is 1. The summed E-state index contributed by atoms with van der Waals surface area (Å²) in [6, 6.07) is 14.1. The van der Waals surface area contributed by atoms with E-state index in [1.165, 1.54) is 0 Å². The van der Waals surface area contributed by atoms with Gasteiger partial charge in [-0.05, 0) is 60.7 Å². The van der Waals surface area contributed by atoms with Crippen molar-refractivity contribution in [3.05, 3.63) is 59.3 Å². The predicted molar refractivity (Wildman–Crippen MR) is 111 cm³/mol. The van der Waals surface area contributed by atoms with Crippen molar-refractivity contribution in [2.75, 3.05) is 12.8 Å². The number of benzene rings is 2. The molecule has 0 unspecified atom stereocenters. The normalized spacial score (nSPS) is 10.9. The molecule has 0 aliphatic heterocycles. The van der Waals surface area contributed by atoms with Crippen molar-refractivity contribution in [1.82, 2.24) is 9.97 Å². The van der Waals surface area contributed by atoms with Gasteiger partial charge in [0.05, 0.1) is 12.6 Å². The lowest BCUT2D eigenvalue weighted by Crippen LogP contribution is -1.99. The quantitative estimate of drug-likeness (QED) is 0.421. The summed E-state index contributed by atoms with van der Waals surface area (Å²) in [6.07, 6.45) is 5.77. The summed E-state index contributed by atoms with van der Waals surface area (Å²) < 4.78 is 5.32. The van der Waals surface area contributed by atoms with Crippen LogP contribution in [0.1, 0.15) is 16.8 Å². The number of nitrogens with zero attached hydrogens (tertiary/aromatic N) is 2. The summed E-state index contributed by atoms with van der Waals surface area (Å²) in [5, 5.41) is 1.95. The monoisotopic (exact) mass is 353 g/mol. The first-order chi connectivity index (χ1) is 13.0. The number of aryl methyl sites for hydroxylation is 2. The molecule has 2 aromatic carbocycles. The van der Waals surface area contributed by atoms with Crippen LogP contribution in [0.5, 0.6) is 5.75 Å². The average Bonchev–Trinajstić information content (AvgIpc) is 2.67. The SMILES string of the molecule is C#Cc1nc2c(N)nc3cc(C)ccc3c2cc1-c1ccc(OC)cc1C. The van der Waals surface area contributed by atoms with E-state index in [0.717, 1.165) is 44.3 Å². The van der Waals surface area contributed by atoms with Gasteiger partial charge >= 0.3 is 0 Å². The van der Waals surface area contributed by atoms with Crippen LogP contribution in [-0.4, -0.2) is 17.1 Å². The van der Waals surface area contributed by atoms with Crippen LogP contribution in [0.15, 0.2) is 42.5 Å². The number of ether oxygens (including phenoxy) is 1. The van der Waals surface area contributed by atoms with Crippen LogP contribution in [0.2, 0.25) is 0 Å². The van der Waals surface area contributed by atoms with E-state index in [0.29, 0.717) is 17.0 Å². The van der Waals surface area contributed by atoms with E-state index in [1.807, 2.05) is 38.1 Å². The van der Waals surface area contributed by atoms with E-state index in [2.05, 4.69) is 34.1 Å². The van der Waals surface area contributed by atoms with Crippen LogP contribution in [0, 0.1) is 26.2 Å². The van der Waals surface area contributed by atoms with E-state index in [1.54, 1.807) is 7.11 Å². The first-order valence-corrected chi connectivity index (χ1v) is 8.64. The molecule has 0 bridgehead atoms. The molecule has 4 aromatic rings. The standard InChI is InChI=1S/C23H19N3O/c1-5-20-18(16-9-7-15(27-4)11-14(16)3)12-19-17-8-6-13(2)10-21(17)26-23(24)22(19)25-20/h1,6-12H,2-4H3,(H2,24,26). The molecule has 2 heterocycles. The van der Waals surface area contributed by atoms with E-state index >= 15 is 0 Å². The maximum atomic E-state index is 6.19. The highest BCUT2D eigenvalue weighted by Gasteiger charge is 2.15. The van der Waals surface area contributed by atoms with Gasteiger partial charge in [-0.25, -0.2) is 9.97 Å². The molecule has 0 radical (unpaired) electrons. The molecule has 0 saturated carbocycles. The molecule has 2 N–H and O–H groups in total. The number of fused-ring (bicyclic) bond motifs is 3. The Morgan fingerprint density at radius 3 is 2.48 bits per heavy atom. The molecule has 27 heavy (non-hydrogen) atoms. The van der Waals surface area contributed by atoms with Crippen molar-refractivity contribution in [2.45, 2.75) is 13.8 Å². The summed E-state index contributed by atoms with van der Waals surface area (Å²) in [4.78, 5) is 9.18. The van der Waals surface area contributed by atoms with Crippen molar-refractivity contribution < 1.29 is 4.74 Å². The van der Waals surface area contributed by atoms with Crippen LogP contribution >= 0.6 is 0 Å². The number of nitrogen functional groups attached to an aromatic ring is 1. The van der Waals surface area contributed by atoms with Gasteiger partial charge in [0, 0.05) is 16.3 Å². The smallest absolute Gasteiger partial charge is 0.150 e. The zero-order valence-corrected chi connectivity index (χ0v) is 15.5. The second-order valence-electron chi connectivity index (χ2n) is 6.62. The van der Waals surface area contributed by atoms with E-state index in [9.17, 15) is 0 Å². The summed E-state index contributed by atoms with van der Waals surface area (Å²) in [5.41, 5.74) is 12.4. The van der Waals surface area contributed by atoms with Crippen molar-refractivity contribution >= 4 is 27.6 Å².